The molecule has 0 aliphatic carbocycles. The van der Waals surface area contributed by atoms with E-state index in [0.717, 1.165) is 5.69 Å². The lowest BCUT2D eigenvalue weighted by molar-refractivity contribution is 0.0591. The molecular formula is C27H30ClF2N5O3. The fraction of sp³-hybridized carbons (Fsp3) is 0.370. The number of aromatic nitrogens is 2. The molecule has 8 nitrogen and oxygen atoms in total. The average molecular weight is 546 g/mol. The minimum absolute atomic E-state index is 0.0650. The Bertz CT molecular complexity index is 1330. The maximum absolute atomic E-state index is 14.3. The first kappa shape index (κ1) is 27.4. The molecule has 38 heavy (non-hydrogen) atoms. The highest BCUT2D eigenvalue weighted by molar-refractivity contribution is 6.33. The van der Waals surface area contributed by atoms with E-state index in [0.29, 0.717) is 31.7 Å². The quantitative estimate of drug-likeness (QED) is 0.413. The minimum Gasteiger partial charge on any atom is -0.490 e. The molecule has 2 aromatic carbocycles. The molecule has 202 valence electrons. The van der Waals surface area contributed by atoms with Gasteiger partial charge in [-0.1, -0.05) is 38.4 Å². The van der Waals surface area contributed by atoms with E-state index < -0.39 is 23.6 Å². The van der Waals surface area contributed by atoms with Crippen LogP contribution in [0.3, 0.4) is 0 Å². The second-order valence-corrected chi connectivity index (χ2v) is 10.7. The van der Waals surface area contributed by atoms with Gasteiger partial charge in [0.1, 0.15) is 29.3 Å². The monoisotopic (exact) mass is 545 g/mol. The van der Waals surface area contributed by atoms with E-state index in [1.54, 1.807) is 17.8 Å². The summed E-state index contributed by atoms with van der Waals surface area (Å²) in [6.07, 6.45) is 0.645. The third kappa shape index (κ3) is 6.42. The first-order valence-electron chi connectivity index (χ1n) is 12.2. The number of nitrogens with one attached hydrogen (secondary N) is 2. The van der Waals surface area contributed by atoms with Crippen LogP contribution in [0.4, 0.5) is 25.1 Å². The van der Waals surface area contributed by atoms with Crippen LogP contribution in [0.5, 0.6) is 5.75 Å². The van der Waals surface area contributed by atoms with Crippen LogP contribution in [0, 0.1) is 11.6 Å². The Labute approximate surface area is 224 Å². The van der Waals surface area contributed by atoms with Crippen molar-refractivity contribution in [2.45, 2.75) is 45.1 Å². The van der Waals surface area contributed by atoms with Gasteiger partial charge in [0.05, 0.1) is 16.3 Å². The van der Waals surface area contributed by atoms with Gasteiger partial charge in [-0.15, -0.1) is 0 Å². The van der Waals surface area contributed by atoms with Gasteiger partial charge in [-0.05, 0) is 18.2 Å². The highest BCUT2D eigenvalue weighted by atomic mass is 35.5. The number of anilines is 2. The second kappa shape index (κ2) is 11.0. The summed E-state index contributed by atoms with van der Waals surface area (Å²) in [5, 5.41) is 9.83. The zero-order chi connectivity index (χ0) is 27.6. The number of hydrogen-bond acceptors (Lipinski definition) is 4. The van der Waals surface area contributed by atoms with Crippen molar-refractivity contribution in [2.75, 3.05) is 23.7 Å². The molecule has 11 heteroatoms. The zero-order valence-electron chi connectivity index (χ0n) is 21.6. The van der Waals surface area contributed by atoms with E-state index in [1.807, 2.05) is 20.8 Å². The van der Waals surface area contributed by atoms with Gasteiger partial charge in [-0.25, -0.2) is 13.6 Å². The summed E-state index contributed by atoms with van der Waals surface area (Å²) in [4.78, 5) is 26.9. The molecule has 1 fully saturated rings. The van der Waals surface area contributed by atoms with Crippen LogP contribution in [0.1, 0.15) is 49.7 Å². The fourth-order valence-electron chi connectivity index (χ4n) is 4.16. The first-order chi connectivity index (χ1) is 17.9. The summed E-state index contributed by atoms with van der Waals surface area (Å²) in [5.74, 6) is -0.966. The number of benzene rings is 2. The number of amides is 3. The normalized spacial score (nSPS) is 14.3. The third-order valence-corrected chi connectivity index (χ3v) is 6.54. The Morgan fingerprint density at radius 1 is 1.08 bits per heavy atom. The van der Waals surface area contributed by atoms with Gasteiger partial charge in [0.2, 0.25) is 0 Å². The molecule has 0 atom stereocenters. The van der Waals surface area contributed by atoms with E-state index >= 15 is 0 Å². The van der Waals surface area contributed by atoms with Crippen molar-refractivity contribution >= 4 is 35.0 Å². The Morgan fingerprint density at radius 3 is 2.42 bits per heavy atom. The molecule has 0 unspecified atom stereocenters. The number of carbonyl (C=O) groups excluding carboxylic acids is 2. The zero-order valence-corrected chi connectivity index (χ0v) is 22.4. The maximum Gasteiger partial charge on any atom is 0.324 e. The van der Waals surface area contributed by atoms with Gasteiger partial charge in [0, 0.05) is 62.3 Å². The molecular weight excluding hydrogens is 516 g/mol. The summed E-state index contributed by atoms with van der Waals surface area (Å²) in [6.45, 7) is 6.73. The predicted molar refractivity (Wildman–Crippen MR) is 142 cm³/mol. The number of carbonyl (C=O) groups is 2. The Kier molecular flexibility index (Phi) is 7.91. The molecule has 1 aliphatic heterocycles. The SMILES string of the molecule is Cn1nc(C(C)(C)C)cc1NC(=O)Nc1cc(F)cc(OC2CCN(C(=O)c3c(F)cccc3Cl)CC2)c1. The van der Waals surface area contributed by atoms with Gasteiger partial charge in [0.15, 0.2) is 0 Å². The molecule has 2 N–H and O–H groups in total. The topological polar surface area (TPSA) is 88.5 Å². The molecule has 1 saturated heterocycles. The van der Waals surface area contributed by atoms with E-state index in [2.05, 4.69) is 15.7 Å². The van der Waals surface area contributed by atoms with E-state index in [4.69, 9.17) is 16.3 Å². The van der Waals surface area contributed by atoms with E-state index in [1.165, 1.54) is 41.3 Å². The van der Waals surface area contributed by atoms with Crippen molar-refractivity contribution in [3.05, 3.63) is 70.4 Å². The second-order valence-electron chi connectivity index (χ2n) is 10.2. The molecule has 3 aromatic rings. The van der Waals surface area contributed by atoms with Crippen LogP contribution >= 0.6 is 11.6 Å². The van der Waals surface area contributed by atoms with Crippen molar-refractivity contribution in [2.24, 2.45) is 7.05 Å². The van der Waals surface area contributed by atoms with Crippen molar-refractivity contribution in [3.63, 3.8) is 0 Å². The highest BCUT2D eigenvalue weighted by Gasteiger charge is 2.28. The van der Waals surface area contributed by atoms with Crippen molar-refractivity contribution in [1.82, 2.24) is 14.7 Å². The number of nitrogens with zero attached hydrogens (tertiary/aromatic N) is 3. The molecule has 0 bridgehead atoms. The number of urea groups is 1. The number of piperidine rings is 1. The molecule has 0 radical (unpaired) electrons. The van der Waals surface area contributed by atoms with Crippen LogP contribution in [-0.2, 0) is 12.5 Å². The number of halogens is 3. The lowest BCUT2D eigenvalue weighted by atomic mass is 9.92. The number of aryl methyl sites for hydroxylation is 1. The van der Waals surface area contributed by atoms with Gasteiger partial charge >= 0.3 is 6.03 Å². The van der Waals surface area contributed by atoms with Crippen LogP contribution in [0.2, 0.25) is 5.02 Å². The highest BCUT2D eigenvalue weighted by Crippen LogP contribution is 2.27. The Balaban J connectivity index is 1.35. The predicted octanol–water partition coefficient (Wildman–Crippen LogP) is 5.98. The Hall–Kier alpha value is -3.66. The average Bonchev–Trinajstić information content (AvgIpc) is 3.19. The molecule has 1 aliphatic rings. The van der Waals surface area contributed by atoms with Crippen LogP contribution in [-0.4, -0.2) is 45.8 Å². The van der Waals surface area contributed by atoms with Crippen molar-refractivity contribution < 1.29 is 23.1 Å². The molecule has 3 amide bonds. The number of hydrogen-bond donors (Lipinski definition) is 2. The van der Waals surface area contributed by atoms with Gasteiger partial charge in [0.25, 0.3) is 5.91 Å². The van der Waals surface area contributed by atoms with Crippen LogP contribution < -0.4 is 15.4 Å². The minimum atomic E-state index is -0.664. The lowest BCUT2D eigenvalue weighted by Crippen LogP contribution is -2.42. The molecule has 0 saturated carbocycles. The molecule has 4 rings (SSSR count). The summed E-state index contributed by atoms with van der Waals surface area (Å²) in [7, 11) is 1.72. The summed E-state index contributed by atoms with van der Waals surface area (Å²) >= 11 is 6.03. The standard InChI is InChI=1S/C27H30ClF2N5O3/c1-27(2,3)22-15-23(34(4)33-22)32-26(37)31-17-12-16(29)13-19(14-17)38-18-8-10-35(11-9-18)25(36)24-20(28)6-5-7-21(24)30/h5-7,12-15,18H,8-11H2,1-4H3,(H2,31,32,37). The summed E-state index contributed by atoms with van der Waals surface area (Å²) < 4.78 is 36.0. The largest absolute Gasteiger partial charge is 0.490 e. The summed E-state index contributed by atoms with van der Waals surface area (Å²) in [5.41, 5.74) is 0.712. The van der Waals surface area contributed by atoms with Gasteiger partial charge < -0.3 is 15.0 Å². The fourth-order valence-corrected chi connectivity index (χ4v) is 4.41. The third-order valence-electron chi connectivity index (χ3n) is 6.23. The van der Waals surface area contributed by atoms with Crippen LogP contribution in [0.25, 0.3) is 0 Å². The number of rotatable bonds is 5. The van der Waals surface area contributed by atoms with E-state index in [-0.39, 0.29) is 33.5 Å². The van der Waals surface area contributed by atoms with E-state index in [9.17, 15) is 18.4 Å². The van der Waals surface area contributed by atoms with Crippen LogP contribution in [0.15, 0.2) is 42.5 Å². The Morgan fingerprint density at radius 2 is 1.79 bits per heavy atom. The maximum atomic E-state index is 14.3. The molecule has 2 heterocycles. The van der Waals surface area contributed by atoms with Gasteiger partial charge in [-0.2, -0.15) is 5.10 Å². The molecule has 1 aromatic heterocycles. The number of ether oxygens (including phenoxy) is 1. The molecule has 0 spiro atoms. The first-order valence-corrected chi connectivity index (χ1v) is 12.6. The smallest absolute Gasteiger partial charge is 0.324 e. The summed E-state index contributed by atoms with van der Waals surface area (Å²) in [6, 6.07) is 9.31. The lowest BCUT2D eigenvalue weighted by Gasteiger charge is -2.32. The van der Waals surface area contributed by atoms with Crippen molar-refractivity contribution in [3.8, 4) is 5.75 Å². The van der Waals surface area contributed by atoms with Gasteiger partial charge in [-0.3, -0.25) is 14.8 Å². The van der Waals surface area contributed by atoms with Crippen molar-refractivity contribution in [1.29, 1.82) is 0 Å². The number of likely N-dealkylation sites (tertiary alicyclic amines) is 1.